The van der Waals surface area contributed by atoms with E-state index in [1.54, 1.807) is 13.8 Å². The molecule has 0 saturated heterocycles. The molecule has 0 amide bonds. The van der Waals surface area contributed by atoms with E-state index in [0.29, 0.717) is 6.42 Å². The van der Waals surface area contributed by atoms with Crippen LogP contribution in [-0.2, 0) is 10.0 Å². The van der Waals surface area contributed by atoms with Crippen LogP contribution in [0.5, 0.6) is 0 Å². The first-order valence-electron chi connectivity index (χ1n) is 6.57. The molecule has 0 saturated carbocycles. The third kappa shape index (κ3) is 4.43. The summed E-state index contributed by atoms with van der Waals surface area (Å²) >= 11 is 5.85. The fourth-order valence-corrected chi connectivity index (χ4v) is 4.27. The quantitative estimate of drug-likeness (QED) is 0.837. The van der Waals surface area contributed by atoms with Gasteiger partial charge in [-0.3, -0.25) is 0 Å². The van der Waals surface area contributed by atoms with E-state index in [1.165, 1.54) is 19.1 Å². The van der Waals surface area contributed by atoms with Gasteiger partial charge in [0.2, 0.25) is 10.0 Å². The number of hydrogen-bond donors (Lipinski definition) is 2. The molecule has 0 heterocycles. The standard InChI is InChI=1S/C14H20ClNO4S/c1-5-6-14(3,4)16-21(19,20)12-8-10(15)7-11(9(12)2)13(17)18/h7-8,16H,5-6H2,1-4H3,(H,17,18). The number of aromatic carboxylic acids is 1. The molecule has 118 valence electrons. The van der Waals surface area contributed by atoms with Crippen LogP contribution in [0.15, 0.2) is 17.0 Å². The van der Waals surface area contributed by atoms with E-state index >= 15 is 0 Å². The summed E-state index contributed by atoms with van der Waals surface area (Å²) in [5, 5.41) is 9.20. The molecule has 1 rings (SSSR count). The number of sulfonamides is 1. The van der Waals surface area contributed by atoms with Crippen molar-refractivity contribution >= 4 is 27.6 Å². The molecule has 0 fully saturated rings. The summed E-state index contributed by atoms with van der Waals surface area (Å²) in [5.41, 5.74) is -0.561. The molecule has 0 radical (unpaired) electrons. The van der Waals surface area contributed by atoms with Gasteiger partial charge < -0.3 is 5.11 Å². The zero-order chi connectivity index (χ0) is 16.4. The maximum absolute atomic E-state index is 12.5. The van der Waals surface area contributed by atoms with Gasteiger partial charge in [0.05, 0.1) is 10.5 Å². The van der Waals surface area contributed by atoms with E-state index in [4.69, 9.17) is 16.7 Å². The number of carbonyl (C=O) groups is 1. The molecule has 5 nitrogen and oxygen atoms in total. The minimum Gasteiger partial charge on any atom is -0.478 e. The molecule has 0 aliphatic rings. The number of halogens is 1. The van der Waals surface area contributed by atoms with Crippen LogP contribution in [0.25, 0.3) is 0 Å². The molecule has 0 spiro atoms. The van der Waals surface area contributed by atoms with Gasteiger partial charge in [-0.1, -0.05) is 24.9 Å². The highest BCUT2D eigenvalue weighted by Crippen LogP contribution is 2.26. The SMILES string of the molecule is CCCC(C)(C)NS(=O)(=O)c1cc(Cl)cc(C(=O)O)c1C. The molecule has 7 heteroatoms. The van der Waals surface area contributed by atoms with E-state index in [9.17, 15) is 13.2 Å². The van der Waals surface area contributed by atoms with E-state index < -0.39 is 21.5 Å². The Morgan fingerprint density at radius 2 is 1.95 bits per heavy atom. The summed E-state index contributed by atoms with van der Waals surface area (Å²) in [6.07, 6.45) is 1.49. The summed E-state index contributed by atoms with van der Waals surface area (Å²) in [7, 11) is -3.85. The number of hydrogen-bond acceptors (Lipinski definition) is 3. The molecule has 1 aromatic carbocycles. The normalized spacial score (nSPS) is 12.4. The molecule has 0 bridgehead atoms. The fourth-order valence-electron chi connectivity index (χ4n) is 2.25. The Morgan fingerprint density at radius 3 is 2.43 bits per heavy atom. The summed E-state index contributed by atoms with van der Waals surface area (Å²) in [6, 6.07) is 2.52. The molecule has 0 aromatic heterocycles. The molecule has 0 aliphatic heterocycles. The van der Waals surface area contributed by atoms with Gasteiger partial charge in [-0.25, -0.2) is 17.9 Å². The van der Waals surface area contributed by atoms with E-state index in [-0.39, 0.29) is 21.0 Å². The summed E-state index contributed by atoms with van der Waals surface area (Å²) in [5.74, 6) is -1.21. The smallest absolute Gasteiger partial charge is 0.336 e. The van der Waals surface area contributed by atoms with E-state index in [1.807, 2.05) is 6.92 Å². The minimum absolute atomic E-state index is 0.0756. The third-order valence-electron chi connectivity index (χ3n) is 3.13. The lowest BCUT2D eigenvalue weighted by Gasteiger charge is -2.26. The first-order valence-corrected chi connectivity index (χ1v) is 8.43. The second-order valence-electron chi connectivity index (χ2n) is 5.62. The lowest BCUT2D eigenvalue weighted by Crippen LogP contribution is -2.43. The average Bonchev–Trinajstić information content (AvgIpc) is 2.29. The van der Waals surface area contributed by atoms with Crippen LogP contribution in [0.4, 0.5) is 0 Å². The van der Waals surface area contributed by atoms with Crippen LogP contribution in [0.1, 0.15) is 49.5 Å². The van der Waals surface area contributed by atoms with Crippen molar-refractivity contribution in [2.75, 3.05) is 0 Å². The predicted octanol–water partition coefficient (Wildman–Crippen LogP) is 3.20. The van der Waals surface area contributed by atoms with Gasteiger partial charge in [0, 0.05) is 10.6 Å². The zero-order valence-electron chi connectivity index (χ0n) is 12.5. The topological polar surface area (TPSA) is 83.5 Å². The van der Waals surface area contributed by atoms with Crippen molar-refractivity contribution in [3.8, 4) is 0 Å². The highest BCUT2D eigenvalue weighted by Gasteiger charge is 2.28. The number of carboxylic acid groups (broad SMARTS) is 1. The molecule has 2 N–H and O–H groups in total. The fraction of sp³-hybridized carbons (Fsp3) is 0.500. The Balaban J connectivity index is 3.36. The Hall–Kier alpha value is -1.11. The van der Waals surface area contributed by atoms with Gasteiger partial charge >= 0.3 is 5.97 Å². The molecule has 0 aliphatic carbocycles. The van der Waals surface area contributed by atoms with Crippen LogP contribution in [-0.4, -0.2) is 25.0 Å². The van der Waals surface area contributed by atoms with Crippen molar-refractivity contribution in [1.82, 2.24) is 4.72 Å². The van der Waals surface area contributed by atoms with Crippen LogP contribution in [0.3, 0.4) is 0 Å². The number of rotatable bonds is 6. The number of benzene rings is 1. The van der Waals surface area contributed by atoms with Crippen LogP contribution in [0, 0.1) is 6.92 Å². The van der Waals surface area contributed by atoms with Crippen molar-refractivity contribution in [2.45, 2.75) is 51.0 Å². The zero-order valence-corrected chi connectivity index (χ0v) is 14.1. The molecule has 0 unspecified atom stereocenters. The number of nitrogens with one attached hydrogen (secondary N) is 1. The predicted molar refractivity (Wildman–Crippen MR) is 82.5 cm³/mol. The minimum atomic E-state index is -3.85. The average molecular weight is 334 g/mol. The van der Waals surface area contributed by atoms with Crippen molar-refractivity contribution in [3.05, 3.63) is 28.3 Å². The number of carboxylic acids is 1. The maximum Gasteiger partial charge on any atom is 0.336 e. The second-order valence-corrected chi connectivity index (χ2v) is 7.71. The van der Waals surface area contributed by atoms with E-state index in [0.717, 1.165) is 6.42 Å². The van der Waals surface area contributed by atoms with Gasteiger partial charge in [0.25, 0.3) is 0 Å². The second kappa shape index (κ2) is 6.34. The molecule has 1 aromatic rings. The Bertz CT molecular complexity index is 653. The molecular weight excluding hydrogens is 314 g/mol. The van der Waals surface area contributed by atoms with Crippen molar-refractivity contribution in [1.29, 1.82) is 0 Å². The Labute approximate surface area is 130 Å². The molecule has 21 heavy (non-hydrogen) atoms. The summed E-state index contributed by atoms with van der Waals surface area (Å²) in [6.45, 7) is 6.99. The van der Waals surface area contributed by atoms with Gasteiger partial charge in [-0.15, -0.1) is 0 Å². The van der Waals surface area contributed by atoms with E-state index in [2.05, 4.69) is 4.72 Å². The largest absolute Gasteiger partial charge is 0.478 e. The highest BCUT2D eigenvalue weighted by molar-refractivity contribution is 7.89. The van der Waals surface area contributed by atoms with Gasteiger partial charge in [0.1, 0.15) is 0 Å². The van der Waals surface area contributed by atoms with Crippen molar-refractivity contribution in [3.63, 3.8) is 0 Å². The summed E-state index contributed by atoms with van der Waals surface area (Å²) < 4.78 is 27.6. The van der Waals surface area contributed by atoms with Crippen LogP contribution >= 0.6 is 11.6 Å². The van der Waals surface area contributed by atoms with Gasteiger partial charge in [-0.05, 0) is 44.9 Å². The first-order chi connectivity index (χ1) is 9.50. The Morgan fingerprint density at radius 1 is 1.38 bits per heavy atom. The van der Waals surface area contributed by atoms with Crippen molar-refractivity contribution < 1.29 is 18.3 Å². The highest BCUT2D eigenvalue weighted by atomic mass is 35.5. The van der Waals surface area contributed by atoms with Crippen LogP contribution < -0.4 is 4.72 Å². The van der Waals surface area contributed by atoms with Crippen molar-refractivity contribution in [2.24, 2.45) is 0 Å². The lowest BCUT2D eigenvalue weighted by atomic mass is 10.0. The summed E-state index contributed by atoms with van der Waals surface area (Å²) in [4.78, 5) is 11.1. The maximum atomic E-state index is 12.5. The van der Waals surface area contributed by atoms with Gasteiger partial charge in [0.15, 0.2) is 0 Å². The first kappa shape index (κ1) is 17.9. The molecule has 0 atom stereocenters. The Kier molecular flexibility index (Phi) is 5.41. The lowest BCUT2D eigenvalue weighted by molar-refractivity contribution is 0.0696. The molecular formula is C14H20ClNO4S. The third-order valence-corrected chi connectivity index (χ3v) is 5.17. The van der Waals surface area contributed by atoms with Gasteiger partial charge in [-0.2, -0.15) is 0 Å². The van der Waals surface area contributed by atoms with Crippen LogP contribution in [0.2, 0.25) is 5.02 Å². The monoisotopic (exact) mass is 333 g/mol.